The molecule has 0 aromatic heterocycles. The summed E-state index contributed by atoms with van der Waals surface area (Å²) in [6, 6.07) is 14.2. The zero-order chi connectivity index (χ0) is 21.1. The van der Waals surface area contributed by atoms with Gasteiger partial charge in [0.25, 0.3) is 0 Å². The van der Waals surface area contributed by atoms with Crippen molar-refractivity contribution in [1.82, 2.24) is 5.32 Å². The molecule has 2 aliphatic rings. The summed E-state index contributed by atoms with van der Waals surface area (Å²) in [5, 5.41) is 9.05. The summed E-state index contributed by atoms with van der Waals surface area (Å²) in [4.78, 5) is 2.49. The van der Waals surface area contributed by atoms with Gasteiger partial charge < -0.3 is 10.2 Å². The Bertz CT molecular complexity index is 984. The lowest BCUT2D eigenvalue weighted by molar-refractivity contribution is 0.304. The predicted octanol–water partition coefficient (Wildman–Crippen LogP) is 4.48. The van der Waals surface area contributed by atoms with E-state index in [0.29, 0.717) is 6.04 Å². The van der Waals surface area contributed by atoms with E-state index in [1.54, 1.807) is 12.1 Å². The number of hydrogen-bond donors (Lipinski definition) is 2. The van der Waals surface area contributed by atoms with Gasteiger partial charge >= 0.3 is 0 Å². The fourth-order valence-corrected chi connectivity index (χ4v) is 5.58. The Morgan fingerprint density at radius 3 is 2.63 bits per heavy atom. The van der Waals surface area contributed by atoms with Crippen molar-refractivity contribution in [3.8, 4) is 0 Å². The molecule has 4 rings (SSSR count). The maximum atomic E-state index is 11.7. The van der Waals surface area contributed by atoms with Crippen LogP contribution in [-0.4, -0.2) is 21.0 Å². The van der Waals surface area contributed by atoms with Gasteiger partial charge in [-0.2, -0.15) is 0 Å². The van der Waals surface area contributed by atoms with Gasteiger partial charge in [0.05, 0.1) is 4.90 Å². The first kappa shape index (κ1) is 21.3. The number of nitrogens with two attached hydrogens (primary N) is 1. The summed E-state index contributed by atoms with van der Waals surface area (Å²) in [6.07, 6.45) is 9.02. The maximum absolute atomic E-state index is 11.7. The zero-order valence-corrected chi connectivity index (χ0v) is 18.6. The molecule has 1 aliphatic heterocycles. The molecule has 1 aliphatic carbocycles. The Hall–Kier alpha value is -1.89. The molecular formula is C24H33N3O2S. The van der Waals surface area contributed by atoms with Crippen molar-refractivity contribution >= 4 is 21.4 Å². The Kier molecular flexibility index (Phi) is 6.46. The maximum Gasteiger partial charge on any atom is 0.238 e. The first-order chi connectivity index (χ1) is 14.4. The molecule has 0 saturated heterocycles. The normalized spacial score (nSPS) is 18.4. The number of fused-ring (bicyclic) bond motifs is 1. The number of primary sulfonamides is 1. The fraction of sp³-hybridized carbons (Fsp3) is 0.500. The molecular weight excluding hydrogens is 394 g/mol. The molecule has 1 atom stereocenters. The summed E-state index contributed by atoms with van der Waals surface area (Å²) in [6.45, 7) is 3.99. The van der Waals surface area contributed by atoms with Crippen molar-refractivity contribution in [1.29, 1.82) is 0 Å². The van der Waals surface area contributed by atoms with Gasteiger partial charge in [-0.15, -0.1) is 0 Å². The Morgan fingerprint density at radius 1 is 1.10 bits per heavy atom. The molecule has 6 heteroatoms. The summed E-state index contributed by atoms with van der Waals surface area (Å²) in [7, 11) is -3.67. The van der Waals surface area contributed by atoms with Crippen molar-refractivity contribution < 1.29 is 8.42 Å². The molecule has 1 unspecified atom stereocenters. The molecule has 0 amide bonds. The molecule has 1 heterocycles. The van der Waals surface area contributed by atoms with E-state index in [9.17, 15) is 8.42 Å². The van der Waals surface area contributed by atoms with E-state index >= 15 is 0 Å². The highest BCUT2D eigenvalue weighted by Gasteiger charge is 2.24. The van der Waals surface area contributed by atoms with Gasteiger partial charge in [0, 0.05) is 30.5 Å². The Labute approximate surface area is 180 Å². The van der Waals surface area contributed by atoms with E-state index in [1.165, 1.54) is 49.8 Å². The zero-order valence-electron chi connectivity index (χ0n) is 17.8. The van der Waals surface area contributed by atoms with E-state index in [2.05, 4.69) is 41.4 Å². The molecule has 1 fully saturated rings. The SMILES string of the molecule is CC(CC1CCCCC1)NCc1ccccc1N1CCc2cc(S(N)(=O)=O)ccc21. The number of nitrogens with one attached hydrogen (secondary N) is 1. The second kappa shape index (κ2) is 9.08. The average Bonchev–Trinajstić information content (AvgIpc) is 3.16. The molecule has 162 valence electrons. The standard InChI is InChI=1S/C24H33N3O2S/c1-18(15-19-7-3-2-4-8-19)26-17-21-9-5-6-10-23(21)27-14-13-20-16-22(30(25,28)29)11-12-24(20)27/h5-6,9-12,16,18-19,26H,2-4,7-8,13-15,17H2,1H3,(H2,25,28,29). The molecule has 3 N–H and O–H groups in total. The minimum absolute atomic E-state index is 0.189. The van der Waals surface area contributed by atoms with Crippen molar-refractivity contribution in [3.63, 3.8) is 0 Å². The van der Waals surface area contributed by atoms with Crippen molar-refractivity contribution in [2.24, 2.45) is 11.1 Å². The summed E-state index contributed by atoms with van der Waals surface area (Å²) in [5.74, 6) is 0.870. The number of sulfonamides is 1. The monoisotopic (exact) mass is 427 g/mol. The highest BCUT2D eigenvalue weighted by molar-refractivity contribution is 7.89. The van der Waals surface area contributed by atoms with E-state index in [0.717, 1.165) is 36.7 Å². The van der Waals surface area contributed by atoms with Crippen molar-refractivity contribution in [2.75, 3.05) is 11.4 Å². The number of benzene rings is 2. The topological polar surface area (TPSA) is 75.4 Å². The van der Waals surface area contributed by atoms with Crippen LogP contribution >= 0.6 is 0 Å². The van der Waals surface area contributed by atoms with E-state index in [1.807, 2.05) is 6.07 Å². The fourth-order valence-electron chi connectivity index (χ4n) is 5.02. The third kappa shape index (κ3) is 4.88. The van der Waals surface area contributed by atoms with Crippen LogP contribution in [0.3, 0.4) is 0 Å². The van der Waals surface area contributed by atoms with Gasteiger partial charge in [0.2, 0.25) is 10.0 Å². The summed E-state index contributed by atoms with van der Waals surface area (Å²) < 4.78 is 23.4. The van der Waals surface area contributed by atoms with E-state index < -0.39 is 10.0 Å². The molecule has 0 bridgehead atoms. The Balaban J connectivity index is 1.47. The molecule has 1 saturated carbocycles. The van der Waals surface area contributed by atoms with Crippen LogP contribution in [0.5, 0.6) is 0 Å². The number of anilines is 2. The molecule has 2 aromatic rings. The smallest absolute Gasteiger partial charge is 0.238 e. The van der Waals surface area contributed by atoms with Crippen molar-refractivity contribution in [3.05, 3.63) is 53.6 Å². The molecule has 30 heavy (non-hydrogen) atoms. The number of nitrogens with zero attached hydrogens (tertiary/aromatic N) is 1. The van der Waals surface area contributed by atoms with Crippen molar-refractivity contribution in [2.45, 2.75) is 69.4 Å². The summed E-state index contributed by atoms with van der Waals surface area (Å²) >= 11 is 0. The van der Waals surface area contributed by atoms with Gasteiger partial charge in [-0.05, 0) is 61.1 Å². The minimum Gasteiger partial charge on any atom is -0.341 e. The van der Waals surface area contributed by atoms with E-state index in [4.69, 9.17) is 5.14 Å². The average molecular weight is 428 g/mol. The number of para-hydroxylation sites is 1. The lowest BCUT2D eigenvalue weighted by atomic mass is 9.85. The van der Waals surface area contributed by atoms with Gasteiger partial charge in [0.15, 0.2) is 0 Å². The largest absolute Gasteiger partial charge is 0.341 e. The summed E-state index contributed by atoms with van der Waals surface area (Å²) in [5.41, 5.74) is 4.58. The molecule has 5 nitrogen and oxygen atoms in total. The third-order valence-corrected chi connectivity index (χ3v) is 7.52. The van der Waals surface area contributed by atoms with Crippen LogP contribution in [0.1, 0.15) is 56.6 Å². The van der Waals surface area contributed by atoms with Gasteiger partial charge in [0.1, 0.15) is 0 Å². The highest BCUT2D eigenvalue weighted by Crippen LogP contribution is 2.37. The molecule has 0 radical (unpaired) electrons. The minimum atomic E-state index is -3.67. The first-order valence-electron chi connectivity index (χ1n) is 11.2. The lowest BCUT2D eigenvalue weighted by Crippen LogP contribution is -2.29. The molecule has 2 aromatic carbocycles. The quantitative estimate of drug-likeness (QED) is 0.683. The van der Waals surface area contributed by atoms with E-state index in [-0.39, 0.29) is 4.90 Å². The second-order valence-corrected chi connectivity index (χ2v) is 10.4. The lowest BCUT2D eigenvalue weighted by Gasteiger charge is -2.26. The molecule has 0 spiro atoms. The van der Waals surface area contributed by atoms with Gasteiger partial charge in [-0.25, -0.2) is 13.6 Å². The number of hydrogen-bond acceptors (Lipinski definition) is 4. The van der Waals surface area contributed by atoms with Crippen LogP contribution in [0.15, 0.2) is 47.4 Å². The van der Waals surface area contributed by atoms with Crippen LogP contribution in [0.2, 0.25) is 0 Å². The van der Waals surface area contributed by atoms with Crippen LogP contribution in [0, 0.1) is 5.92 Å². The predicted molar refractivity (Wildman–Crippen MR) is 122 cm³/mol. The van der Waals surface area contributed by atoms with Crippen LogP contribution in [-0.2, 0) is 23.0 Å². The van der Waals surface area contributed by atoms with Gasteiger partial charge in [-0.1, -0.05) is 50.3 Å². The first-order valence-corrected chi connectivity index (χ1v) is 12.7. The number of rotatable bonds is 7. The second-order valence-electron chi connectivity index (χ2n) is 8.89. The van der Waals surface area contributed by atoms with Gasteiger partial charge in [-0.3, -0.25) is 0 Å². The Morgan fingerprint density at radius 2 is 1.87 bits per heavy atom. The van der Waals surface area contributed by atoms with Crippen LogP contribution in [0.25, 0.3) is 0 Å². The van der Waals surface area contributed by atoms with Crippen LogP contribution < -0.4 is 15.4 Å². The third-order valence-electron chi connectivity index (χ3n) is 6.61. The highest BCUT2D eigenvalue weighted by atomic mass is 32.2. The van der Waals surface area contributed by atoms with Crippen LogP contribution in [0.4, 0.5) is 11.4 Å².